The molecule has 4 unspecified atom stereocenters. The molecule has 4 fully saturated rings. The van der Waals surface area contributed by atoms with Crippen LogP contribution >= 0.6 is 0 Å². The molecule has 2 saturated heterocycles. The van der Waals surface area contributed by atoms with E-state index in [2.05, 4.69) is 62.0 Å². The molecule has 290 valence electrons. The molecule has 4 N–H and O–H groups in total. The summed E-state index contributed by atoms with van der Waals surface area (Å²) in [5, 5.41) is 7.65. The molecule has 4 atom stereocenters. The fourth-order valence-corrected chi connectivity index (χ4v) is 8.46. The Hall–Kier alpha value is -5.99. The molecule has 4 amide bonds. The van der Waals surface area contributed by atoms with Gasteiger partial charge in [-0.15, -0.1) is 0 Å². The van der Waals surface area contributed by atoms with Crippen LogP contribution in [-0.4, -0.2) is 98.1 Å². The number of imidazole rings is 2. The molecular formula is C41H45N9O6. The number of ether oxygens (including phenoxy) is 2. The Kier molecular flexibility index (Phi) is 9.30. The van der Waals surface area contributed by atoms with Crippen molar-refractivity contribution in [3.05, 3.63) is 66.5 Å². The van der Waals surface area contributed by atoms with Crippen LogP contribution in [0.1, 0.15) is 75.1 Å². The summed E-state index contributed by atoms with van der Waals surface area (Å²) in [5.41, 5.74) is 5.18. The van der Waals surface area contributed by atoms with Gasteiger partial charge in [-0.1, -0.05) is 24.3 Å². The van der Waals surface area contributed by atoms with Crippen LogP contribution in [-0.2, 0) is 19.1 Å². The molecule has 2 saturated carbocycles. The number of aromatic amines is 2. The number of rotatable bonds is 10. The normalized spacial score (nSPS) is 20.6. The quantitative estimate of drug-likeness (QED) is 0.137. The van der Waals surface area contributed by atoms with Crippen LogP contribution in [0, 0.1) is 11.8 Å². The van der Waals surface area contributed by atoms with Gasteiger partial charge in [-0.2, -0.15) is 0 Å². The number of hydrogen-bond acceptors (Lipinski definition) is 9. The number of pyridine rings is 1. The van der Waals surface area contributed by atoms with E-state index in [-0.39, 0.29) is 35.7 Å². The maximum atomic E-state index is 13.7. The van der Waals surface area contributed by atoms with Crippen LogP contribution in [0.25, 0.3) is 44.3 Å². The lowest BCUT2D eigenvalue weighted by atomic mass is 10.00. The Labute approximate surface area is 322 Å². The Balaban J connectivity index is 0.905. The summed E-state index contributed by atoms with van der Waals surface area (Å²) in [4.78, 5) is 76.1. The molecule has 15 heteroatoms. The van der Waals surface area contributed by atoms with Crippen LogP contribution in [0.2, 0.25) is 0 Å². The zero-order valence-corrected chi connectivity index (χ0v) is 31.4. The molecule has 15 nitrogen and oxygen atoms in total. The van der Waals surface area contributed by atoms with E-state index in [1.807, 2.05) is 28.3 Å². The predicted octanol–water partition coefficient (Wildman–Crippen LogP) is 5.76. The van der Waals surface area contributed by atoms with Gasteiger partial charge >= 0.3 is 12.2 Å². The molecule has 5 heterocycles. The lowest BCUT2D eigenvalue weighted by Gasteiger charge is -2.28. The van der Waals surface area contributed by atoms with Gasteiger partial charge in [-0.05, 0) is 97.7 Å². The number of likely N-dealkylation sites (tertiary alicyclic amines) is 2. The molecule has 0 radical (unpaired) electrons. The number of carbonyl (C=O) groups excluding carboxylic acids is 4. The van der Waals surface area contributed by atoms with E-state index in [0.29, 0.717) is 24.6 Å². The number of fused-ring (bicyclic) bond motifs is 2. The topological polar surface area (TPSA) is 188 Å². The third kappa shape index (κ3) is 6.90. The minimum Gasteiger partial charge on any atom is -0.453 e. The molecule has 0 bridgehead atoms. The van der Waals surface area contributed by atoms with E-state index in [9.17, 15) is 19.2 Å². The molecule has 9 rings (SSSR count). The molecule has 2 aliphatic heterocycles. The second-order valence-corrected chi connectivity index (χ2v) is 15.5. The maximum absolute atomic E-state index is 13.7. The van der Waals surface area contributed by atoms with Crippen molar-refractivity contribution in [1.82, 2.24) is 45.4 Å². The van der Waals surface area contributed by atoms with Crippen molar-refractivity contribution in [3.8, 4) is 22.4 Å². The van der Waals surface area contributed by atoms with Crippen LogP contribution in [0.15, 0.2) is 54.9 Å². The molecule has 0 spiro atoms. The first-order valence-electron chi connectivity index (χ1n) is 19.5. The van der Waals surface area contributed by atoms with E-state index in [4.69, 9.17) is 19.4 Å². The highest BCUT2D eigenvalue weighted by Gasteiger charge is 2.44. The summed E-state index contributed by atoms with van der Waals surface area (Å²) < 4.78 is 9.58. The highest BCUT2D eigenvalue weighted by molar-refractivity contribution is 5.92. The van der Waals surface area contributed by atoms with Crippen molar-refractivity contribution in [2.24, 2.45) is 11.8 Å². The minimum atomic E-state index is -0.595. The standard InChI is InChI=1S/C41H45N9O6/c1-55-40(53)46-33(22-7-8-22)38(51)49-15-3-5-31(49)36-43-21-30(45-36)27-14-13-24-17-26(12-11-25(24)18-27)28-19-29-35(42-20-28)48-37(44-29)32-6-4-16-50(32)39(52)34(23-9-10-23)47-41(54)56-2/h11-14,17-23,31-34H,3-10,15-16H2,1-2H3,(H,43,45)(H,46,53)(H,47,54)(H,42,44,48). The number of methoxy groups -OCH3 is 2. The third-order valence-electron chi connectivity index (χ3n) is 11.8. The summed E-state index contributed by atoms with van der Waals surface area (Å²) in [6.45, 7) is 1.22. The molecule has 2 aromatic carbocycles. The average molecular weight is 760 g/mol. The first-order valence-corrected chi connectivity index (χ1v) is 19.5. The van der Waals surface area contributed by atoms with Crippen LogP contribution in [0.3, 0.4) is 0 Å². The molecule has 3 aromatic heterocycles. The second kappa shape index (κ2) is 14.6. The lowest BCUT2D eigenvalue weighted by Crippen LogP contribution is -2.49. The summed E-state index contributed by atoms with van der Waals surface area (Å²) >= 11 is 0. The predicted molar refractivity (Wildman–Crippen MR) is 206 cm³/mol. The SMILES string of the molecule is COC(=O)NC(C(=O)N1CCCC1c1ncc(-c2ccc3cc(-c4cnc5nc(C6CCCN6C(=O)C(NC(=O)OC)C6CC6)[nH]c5c4)ccc3c2)[nH]1)C1CC1. The average Bonchev–Trinajstić information content (AvgIpc) is 3.97. The zero-order valence-electron chi connectivity index (χ0n) is 31.4. The number of nitrogens with one attached hydrogen (secondary N) is 4. The number of benzene rings is 2. The zero-order chi connectivity index (χ0) is 38.5. The number of carbonyl (C=O) groups is 4. The van der Waals surface area contributed by atoms with E-state index < -0.39 is 24.3 Å². The van der Waals surface area contributed by atoms with E-state index in [1.165, 1.54) is 14.2 Å². The molecular weight excluding hydrogens is 715 g/mol. The van der Waals surface area contributed by atoms with Gasteiger partial charge < -0.3 is 39.9 Å². The van der Waals surface area contributed by atoms with Gasteiger partial charge in [0.2, 0.25) is 11.8 Å². The van der Waals surface area contributed by atoms with Crippen LogP contribution in [0.5, 0.6) is 0 Å². The molecule has 5 aromatic rings. The highest BCUT2D eigenvalue weighted by Crippen LogP contribution is 2.39. The number of hydrogen-bond donors (Lipinski definition) is 4. The Morgan fingerprint density at radius 3 is 1.84 bits per heavy atom. The van der Waals surface area contributed by atoms with Crippen molar-refractivity contribution in [2.75, 3.05) is 27.3 Å². The third-order valence-corrected chi connectivity index (χ3v) is 11.8. The first kappa shape index (κ1) is 35.7. The number of nitrogens with zero attached hydrogens (tertiary/aromatic N) is 5. The van der Waals surface area contributed by atoms with Gasteiger partial charge in [-0.3, -0.25) is 9.59 Å². The summed E-state index contributed by atoms with van der Waals surface area (Å²) in [5.74, 6) is 1.53. The number of H-pyrrole nitrogens is 2. The van der Waals surface area contributed by atoms with Crippen molar-refractivity contribution in [3.63, 3.8) is 0 Å². The van der Waals surface area contributed by atoms with Gasteiger partial charge in [0.25, 0.3) is 0 Å². The van der Waals surface area contributed by atoms with Crippen molar-refractivity contribution >= 4 is 45.9 Å². The summed E-state index contributed by atoms with van der Waals surface area (Å²) in [6.07, 6.45) is 9.38. The van der Waals surface area contributed by atoms with E-state index in [1.54, 1.807) is 0 Å². The minimum absolute atomic E-state index is 0.0807. The van der Waals surface area contributed by atoms with Gasteiger partial charge in [0, 0.05) is 30.4 Å². The van der Waals surface area contributed by atoms with Crippen LogP contribution < -0.4 is 10.6 Å². The number of amides is 4. The van der Waals surface area contributed by atoms with Gasteiger partial charge in [0.05, 0.1) is 43.7 Å². The van der Waals surface area contributed by atoms with Crippen molar-refractivity contribution in [2.45, 2.75) is 75.5 Å². The smallest absolute Gasteiger partial charge is 0.407 e. The van der Waals surface area contributed by atoms with Crippen molar-refractivity contribution < 1.29 is 28.7 Å². The van der Waals surface area contributed by atoms with E-state index in [0.717, 1.165) is 95.9 Å². The molecule has 2 aliphatic carbocycles. The Morgan fingerprint density at radius 1 is 0.679 bits per heavy atom. The largest absolute Gasteiger partial charge is 0.453 e. The fraction of sp³-hybridized carbons (Fsp3) is 0.439. The summed E-state index contributed by atoms with van der Waals surface area (Å²) in [7, 11) is 2.62. The maximum Gasteiger partial charge on any atom is 0.407 e. The first-order chi connectivity index (χ1) is 27.3. The monoisotopic (exact) mass is 759 g/mol. The fourth-order valence-electron chi connectivity index (χ4n) is 8.46. The Bertz CT molecular complexity index is 2330. The number of aromatic nitrogens is 5. The lowest BCUT2D eigenvalue weighted by molar-refractivity contribution is -0.135. The second-order valence-electron chi connectivity index (χ2n) is 15.5. The highest BCUT2D eigenvalue weighted by atomic mass is 16.5. The Morgan fingerprint density at radius 2 is 1.25 bits per heavy atom. The summed E-state index contributed by atoms with van der Waals surface area (Å²) in [6, 6.07) is 13.1. The number of alkyl carbamates (subject to hydrolysis) is 2. The van der Waals surface area contributed by atoms with E-state index >= 15 is 0 Å². The van der Waals surface area contributed by atoms with Crippen molar-refractivity contribution in [1.29, 1.82) is 0 Å². The molecule has 56 heavy (non-hydrogen) atoms. The van der Waals surface area contributed by atoms with Crippen LogP contribution in [0.4, 0.5) is 9.59 Å². The van der Waals surface area contributed by atoms with Gasteiger partial charge in [0.1, 0.15) is 23.7 Å². The van der Waals surface area contributed by atoms with Gasteiger partial charge in [0.15, 0.2) is 5.65 Å². The molecule has 4 aliphatic rings. The van der Waals surface area contributed by atoms with Gasteiger partial charge in [-0.25, -0.2) is 24.5 Å².